The molecule has 0 aromatic rings. The largest absolute Gasteiger partial charge is 0.211 e. The van der Waals surface area contributed by atoms with Crippen molar-refractivity contribution in [1.82, 2.24) is 0 Å². The summed E-state index contributed by atoms with van der Waals surface area (Å²) in [6.45, 7) is 2.05. The fourth-order valence-electron chi connectivity index (χ4n) is 2.09. The molecule has 0 bridgehead atoms. The maximum absolute atomic E-state index is 13.2. The number of hydrogen-bond acceptors (Lipinski definition) is 1. The molecule has 74 valence electrons. The van der Waals surface area contributed by atoms with E-state index >= 15 is 0 Å². The highest BCUT2D eigenvalue weighted by Gasteiger charge is 2.46. The highest BCUT2D eigenvalue weighted by molar-refractivity contribution is 9.09. The quantitative estimate of drug-likeness (QED) is 0.694. The summed E-state index contributed by atoms with van der Waals surface area (Å²) in [5, 5.41) is 8.89. The van der Waals surface area contributed by atoms with Crippen molar-refractivity contribution in [2.75, 3.05) is 0 Å². The zero-order valence-electron chi connectivity index (χ0n) is 7.93. The van der Waals surface area contributed by atoms with Gasteiger partial charge in [0.2, 0.25) is 0 Å². The van der Waals surface area contributed by atoms with Crippen molar-refractivity contribution in [3.8, 4) is 6.07 Å². The average molecular weight is 256 g/mol. The van der Waals surface area contributed by atoms with E-state index in [2.05, 4.69) is 22.0 Å². The molecule has 1 saturated carbocycles. The topological polar surface area (TPSA) is 23.8 Å². The molecule has 0 aromatic carbocycles. The van der Waals surface area contributed by atoms with Crippen LogP contribution in [0.3, 0.4) is 0 Å². The Labute approximate surface area is 91.4 Å². The molecule has 3 heteroatoms. The fraction of sp³-hybridized carbons (Fsp3) is 0.545. The fourth-order valence-corrected chi connectivity index (χ4v) is 2.44. The van der Waals surface area contributed by atoms with Gasteiger partial charge >= 0.3 is 0 Å². The Morgan fingerprint density at radius 1 is 1.71 bits per heavy atom. The third-order valence-electron chi connectivity index (χ3n) is 2.84. The molecule has 2 rings (SSSR count). The second kappa shape index (κ2) is 3.51. The van der Waals surface area contributed by atoms with E-state index in [1.165, 1.54) is 6.08 Å². The van der Waals surface area contributed by atoms with Gasteiger partial charge in [0.05, 0.1) is 11.6 Å². The van der Waals surface area contributed by atoms with E-state index in [1.807, 2.05) is 6.92 Å². The Hall–Kier alpha value is -0.620. The average Bonchev–Trinajstić information content (AvgIpc) is 2.88. The van der Waals surface area contributed by atoms with E-state index in [-0.39, 0.29) is 11.7 Å². The summed E-state index contributed by atoms with van der Waals surface area (Å²) in [5.41, 5.74) is 1.69. The first kappa shape index (κ1) is 9.92. The van der Waals surface area contributed by atoms with Crippen LogP contribution in [0.2, 0.25) is 0 Å². The van der Waals surface area contributed by atoms with Gasteiger partial charge in [0.1, 0.15) is 5.83 Å². The van der Waals surface area contributed by atoms with Crippen LogP contribution < -0.4 is 0 Å². The molecule has 0 aromatic heterocycles. The van der Waals surface area contributed by atoms with E-state index < -0.39 is 0 Å². The Kier molecular flexibility index (Phi) is 2.48. The number of fused-ring (bicyclic) bond motifs is 1. The van der Waals surface area contributed by atoms with Gasteiger partial charge in [0.25, 0.3) is 0 Å². The van der Waals surface area contributed by atoms with Gasteiger partial charge in [-0.2, -0.15) is 5.26 Å². The number of allylic oxidation sites excluding steroid dienone is 4. The van der Waals surface area contributed by atoms with Crippen LogP contribution in [0.1, 0.15) is 19.8 Å². The summed E-state index contributed by atoms with van der Waals surface area (Å²) in [4.78, 5) is 0.358. The number of halogens is 2. The zero-order valence-corrected chi connectivity index (χ0v) is 9.51. The lowest BCUT2D eigenvalue weighted by molar-refractivity contribution is 0.554. The Balaban J connectivity index is 2.30. The molecule has 3 atom stereocenters. The van der Waals surface area contributed by atoms with E-state index in [9.17, 15) is 4.39 Å². The highest BCUT2D eigenvalue weighted by Crippen LogP contribution is 2.54. The number of rotatable bonds is 2. The van der Waals surface area contributed by atoms with Crippen LogP contribution >= 0.6 is 15.9 Å². The molecule has 0 saturated heterocycles. The third kappa shape index (κ3) is 1.64. The lowest BCUT2D eigenvalue weighted by Crippen LogP contribution is -2.04. The molecule has 2 aliphatic carbocycles. The lowest BCUT2D eigenvalue weighted by Gasteiger charge is -2.13. The van der Waals surface area contributed by atoms with Gasteiger partial charge in [-0.05, 0) is 30.4 Å². The molecule has 0 N–H and O–H groups in total. The van der Waals surface area contributed by atoms with Crippen molar-refractivity contribution >= 4 is 15.9 Å². The van der Waals surface area contributed by atoms with Gasteiger partial charge in [-0.3, -0.25) is 0 Å². The molecule has 0 radical (unpaired) electrons. The minimum Gasteiger partial charge on any atom is -0.211 e. The number of alkyl halides is 1. The maximum atomic E-state index is 13.2. The predicted molar refractivity (Wildman–Crippen MR) is 56.4 cm³/mol. The summed E-state index contributed by atoms with van der Waals surface area (Å²) in [6.07, 6.45) is 3.16. The van der Waals surface area contributed by atoms with E-state index in [1.54, 1.807) is 0 Å². The van der Waals surface area contributed by atoms with Crippen LogP contribution in [0.5, 0.6) is 0 Å². The molecule has 0 amide bonds. The second-order valence-electron chi connectivity index (χ2n) is 4.01. The molecule has 0 heterocycles. The molecule has 2 unspecified atom stereocenters. The molecule has 14 heavy (non-hydrogen) atoms. The van der Waals surface area contributed by atoms with Crippen LogP contribution in [0, 0.1) is 23.2 Å². The van der Waals surface area contributed by atoms with Crippen molar-refractivity contribution in [1.29, 1.82) is 5.26 Å². The number of nitrogens with zero attached hydrogens (tertiary/aromatic N) is 1. The molecule has 0 spiro atoms. The third-order valence-corrected chi connectivity index (χ3v) is 3.17. The number of nitriles is 1. The number of hydrogen-bond donors (Lipinski definition) is 0. The van der Waals surface area contributed by atoms with Gasteiger partial charge in [0, 0.05) is 10.7 Å². The molecule has 1 fully saturated rings. The van der Waals surface area contributed by atoms with Crippen LogP contribution in [0.25, 0.3) is 0 Å². The maximum Gasteiger partial charge on any atom is 0.105 e. The van der Waals surface area contributed by atoms with Crippen molar-refractivity contribution in [3.05, 3.63) is 23.0 Å². The van der Waals surface area contributed by atoms with Crippen LogP contribution in [0.4, 0.5) is 4.39 Å². The first-order valence-electron chi connectivity index (χ1n) is 4.77. The highest BCUT2D eigenvalue weighted by atomic mass is 79.9. The Bertz CT molecular complexity index is 362. The zero-order chi connectivity index (χ0) is 10.3. The van der Waals surface area contributed by atoms with E-state index in [4.69, 9.17) is 5.26 Å². The van der Waals surface area contributed by atoms with Gasteiger partial charge in [-0.25, -0.2) is 4.39 Å². The summed E-state index contributed by atoms with van der Waals surface area (Å²) >= 11 is 3.47. The lowest BCUT2D eigenvalue weighted by atomic mass is 9.94. The van der Waals surface area contributed by atoms with Crippen LogP contribution in [0.15, 0.2) is 23.0 Å². The van der Waals surface area contributed by atoms with Crippen molar-refractivity contribution in [3.63, 3.8) is 0 Å². The van der Waals surface area contributed by atoms with E-state index in [0.717, 1.165) is 18.4 Å². The van der Waals surface area contributed by atoms with Crippen molar-refractivity contribution in [2.45, 2.75) is 24.6 Å². The first-order chi connectivity index (χ1) is 6.63. The smallest absolute Gasteiger partial charge is 0.105 e. The van der Waals surface area contributed by atoms with Crippen molar-refractivity contribution < 1.29 is 4.39 Å². The predicted octanol–water partition coefficient (Wildman–Crippen LogP) is 3.48. The summed E-state index contributed by atoms with van der Waals surface area (Å²) in [6, 6.07) is 2.09. The summed E-state index contributed by atoms with van der Waals surface area (Å²) in [5.74, 6) is 0.306. The molecule has 2 aliphatic rings. The van der Waals surface area contributed by atoms with Gasteiger partial charge in [-0.15, -0.1) is 0 Å². The van der Waals surface area contributed by atoms with Crippen LogP contribution in [-0.2, 0) is 0 Å². The second-order valence-corrected chi connectivity index (χ2v) is 5.58. The van der Waals surface area contributed by atoms with Gasteiger partial charge < -0.3 is 0 Å². The Morgan fingerprint density at radius 2 is 2.43 bits per heavy atom. The molecular formula is C11H11BrFN. The van der Waals surface area contributed by atoms with Crippen molar-refractivity contribution in [2.24, 2.45) is 11.8 Å². The monoisotopic (exact) mass is 255 g/mol. The van der Waals surface area contributed by atoms with E-state index in [0.29, 0.717) is 16.3 Å². The molecular weight excluding hydrogens is 245 g/mol. The molecule has 1 nitrogen and oxygen atoms in total. The molecule has 0 aliphatic heterocycles. The summed E-state index contributed by atoms with van der Waals surface area (Å²) < 4.78 is 13.2. The van der Waals surface area contributed by atoms with Gasteiger partial charge in [-0.1, -0.05) is 22.9 Å². The summed E-state index contributed by atoms with van der Waals surface area (Å²) in [7, 11) is 0. The van der Waals surface area contributed by atoms with Gasteiger partial charge in [0.15, 0.2) is 0 Å². The van der Waals surface area contributed by atoms with Crippen LogP contribution in [-0.4, -0.2) is 4.83 Å². The Morgan fingerprint density at radius 3 is 3.00 bits per heavy atom. The minimum absolute atomic E-state index is 0.0911. The standard InChI is InChI=1S/C11H11BrFN/c1-6(12)2-8-7(5-14)3-11(13)10-4-9(8)10/h3,6,9-10H,2,4H2,1H3/t6?,9-,10?/m1/s1. The normalized spacial score (nSPS) is 31.7. The SMILES string of the molecule is CC(Br)CC1=C(C#N)C=C(F)C2C[C@H]12. The minimum atomic E-state index is -0.0995. The first-order valence-corrected chi connectivity index (χ1v) is 5.69.